The van der Waals surface area contributed by atoms with Crippen LogP contribution in [0.3, 0.4) is 0 Å². The van der Waals surface area contributed by atoms with Gasteiger partial charge >= 0.3 is 6.16 Å². The van der Waals surface area contributed by atoms with Crippen LogP contribution in [0.25, 0.3) is 0 Å². The molecule has 3 heteroatoms. The molecule has 0 saturated heterocycles. The SMILES string of the molecule is C/C=C/C(OC(=O)OC(C)C)c1ccccc1. The van der Waals surface area contributed by atoms with Gasteiger partial charge in [-0.05, 0) is 32.4 Å². The van der Waals surface area contributed by atoms with Crippen molar-refractivity contribution in [3.63, 3.8) is 0 Å². The highest BCUT2D eigenvalue weighted by atomic mass is 16.7. The highest BCUT2D eigenvalue weighted by Gasteiger charge is 2.15. The summed E-state index contributed by atoms with van der Waals surface area (Å²) >= 11 is 0. The van der Waals surface area contributed by atoms with Crippen molar-refractivity contribution in [1.29, 1.82) is 0 Å². The van der Waals surface area contributed by atoms with Gasteiger partial charge in [0.1, 0.15) is 6.10 Å². The topological polar surface area (TPSA) is 35.5 Å². The van der Waals surface area contributed by atoms with Crippen molar-refractivity contribution in [3.8, 4) is 0 Å². The fourth-order valence-corrected chi connectivity index (χ4v) is 1.36. The van der Waals surface area contributed by atoms with Gasteiger partial charge in [-0.25, -0.2) is 4.79 Å². The van der Waals surface area contributed by atoms with Gasteiger partial charge in [-0.3, -0.25) is 0 Å². The molecule has 0 radical (unpaired) electrons. The van der Waals surface area contributed by atoms with Crippen molar-refractivity contribution in [2.24, 2.45) is 0 Å². The van der Waals surface area contributed by atoms with Gasteiger partial charge < -0.3 is 9.47 Å². The maximum atomic E-state index is 11.4. The summed E-state index contributed by atoms with van der Waals surface area (Å²) in [6, 6.07) is 9.55. The van der Waals surface area contributed by atoms with Crippen molar-refractivity contribution >= 4 is 6.16 Å². The lowest BCUT2D eigenvalue weighted by atomic mass is 10.1. The van der Waals surface area contributed by atoms with E-state index in [4.69, 9.17) is 9.47 Å². The molecular formula is C14H18O3. The van der Waals surface area contributed by atoms with Crippen LogP contribution in [-0.2, 0) is 9.47 Å². The lowest BCUT2D eigenvalue weighted by Gasteiger charge is -2.15. The zero-order valence-electron chi connectivity index (χ0n) is 10.4. The predicted molar refractivity (Wildman–Crippen MR) is 66.7 cm³/mol. The third-order valence-corrected chi connectivity index (χ3v) is 2.05. The fourth-order valence-electron chi connectivity index (χ4n) is 1.36. The molecule has 0 bridgehead atoms. The summed E-state index contributed by atoms with van der Waals surface area (Å²) in [4.78, 5) is 11.4. The Balaban J connectivity index is 2.71. The molecule has 3 nitrogen and oxygen atoms in total. The first kappa shape index (κ1) is 13.3. The van der Waals surface area contributed by atoms with Crippen LogP contribution in [0.5, 0.6) is 0 Å². The van der Waals surface area contributed by atoms with Gasteiger partial charge in [-0.1, -0.05) is 36.4 Å². The normalized spacial score (nSPS) is 12.7. The van der Waals surface area contributed by atoms with E-state index in [9.17, 15) is 4.79 Å². The molecule has 1 rings (SSSR count). The van der Waals surface area contributed by atoms with Crippen LogP contribution >= 0.6 is 0 Å². The van der Waals surface area contributed by atoms with Crippen molar-refractivity contribution in [2.45, 2.75) is 33.0 Å². The van der Waals surface area contributed by atoms with Crippen LogP contribution in [0.2, 0.25) is 0 Å². The molecule has 0 aliphatic heterocycles. The minimum absolute atomic E-state index is 0.176. The zero-order valence-corrected chi connectivity index (χ0v) is 10.4. The van der Waals surface area contributed by atoms with E-state index in [1.807, 2.05) is 49.4 Å². The van der Waals surface area contributed by atoms with Crippen LogP contribution in [-0.4, -0.2) is 12.3 Å². The number of hydrogen-bond acceptors (Lipinski definition) is 3. The predicted octanol–water partition coefficient (Wildman–Crippen LogP) is 3.87. The first-order chi connectivity index (χ1) is 8.13. The highest BCUT2D eigenvalue weighted by molar-refractivity contribution is 5.60. The van der Waals surface area contributed by atoms with E-state index in [1.165, 1.54) is 0 Å². The van der Waals surface area contributed by atoms with E-state index in [0.717, 1.165) is 5.56 Å². The molecule has 1 aromatic carbocycles. The summed E-state index contributed by atoms with van der Waals surface area (Å²) in [5.74, 6) is 0. The Morgan fingerprint density at radius 2 is 1.82 bits per heavy atom. The van der Waals surface area contributed by atoms with E-state index in [-0.39, 0.29) is 6.10 Å². The standard InChI is InChI=1S/C14H18O3/c1-4-8-13(12-9-6-5-7-10-12)17-14(15)16-11(2)3/h4-11,13H,1-3H3/b8-4+. The molecule has 0 aliphatic rings. The summed E-state index contributed by atoms with van der Waals surface area (Å²) in [6.07, 6.45) is 2.45. The van der Waals surface area contributed by atoms with Gasteiger partial charge in [0.25, 0.3) is 0 Å². The smallest absolute Gasteiger partial charge is 0.432 e. The second-order valence-electron chi connectivity index (χ2n) is 3.89. The monoisotopic (exact) mass is 234 g/mol. The molecule has 17 heavy (non-hydrogen) atoms. The van der Waals surface area contributed by atoms with Gasteiger partial charge in [-0.2, -0.15) is 0 Å². The van der Waals surface area contributed by atoms with Crippen molar-refractivity contribution in [2.75, 3.05) is 0 Å². The molecule has 0 spiro atoms. The largest absolute Gasteiger partial charge is 0.509 e. The highest BCUT2D eigenvalue weighted by Crippen LogP contribution is 2.19. The van der Waals surface area contributed by atoms with Gasteiger partial charge in [0.2, 0.25) is 0 Å². The Labute approximate surface area is 102 Å². The molecular weight excluding hydrogens is 216 g/mol. The second-order valence-corrected chi connectivity index (χ2v) is 3.89. The summed E-state index contributed by atoms with van der Waals surface area (Å²) in [5, 5.41) is 0. The maximum absolute atomic E-state index is 11.4. The van der Waals surface area contributed by atoms with Crippen LogP contribution in [0.15, 0.2) is 42.5 Å². The van der Waals surface area contributed by atoms with E-state index < -0.39 is 12.3 Å². The number of carbonyl (C=O) groups is 1. The number of allylic oxidation sites excluding steroid dienone is 1. The summed E-state index contributed by atoms with van der Waals surface area (Å²) < 4.78 is 10.2. The summed E-state index contributed by atoms with van der Waals surface area (Å²) in [7, 11) is 0. The Morgan fingerprint density at radius 1 is 1.18 bits per heavy atom. The summed E-state index contributed by atoms with van der Waals surface area (Å²) in [5.41, 5.74) is 0.923. The van der Waals surface area contributed by atoms with Crippen LogP contribution in [0.1, 0.15) is 32.4 Å². The lowest BCUT2D eigenvalue weighted by Crippen LogP contribution is -2.15. The molecule has 0 aliphatic carbocycles. The fraction of sp³-hybridized carbons (Fsp3) is 0.357. The number of carbonyl (C=O) groups excluding carboxylic acids is 1. The number of ether oxygens (including phenoxy) is 2. The molecule has 0 aromatic heterocycles. The first-order valence-electron chi connectivity index (χ1n) is 5.68. The lowest BCUT2D eigenvalue weighted by molar-refractivity contribution is 0.0184. The molecule has 1 unspecified atom stereocenters. The van der Waals surface area contributed by atoms with Gasteiger partial charge in [-0.15, -0.1) is 0 Å². The Kier molecular flexibility index (Phi) is 5.27. The average molecular weight is 234 g/mol. The number of benzene rings is 1. The maximum Gasteiger partial charge on any atom is 0.509 e. The van der Waals surface area contributed by atoms with E-state index in [2.05, 4.69) is 0 Å². The number of rotatable bonds is 4. The van der Waals surface area contributed by atoms with Crippen LogP contribution in [0, 0.1) is 0 Å². The summed E-state index contributed by atoms with van der Waals surface area (Å²) in [6.45, 7) is 5.45. The quantitative estimate of drug-likeness (QED) is 0.586. The molecule has 0 amide bonds. The minimum Gasteiger partial charge on any atom is -0.432 e. The first-order valence-corrected chi connectivity index (χ1v) is 5.68. The molecule has 1 atom stereocenters. The number of hydrogen-bond donors (Lipinski definition) is 0. The molecule has 0 heterocycles. The molecule has 1 aromatic rings. The molecule has 0 fully saturated rings. The van der Waals surface area contributed by atoms with Gasteiger partial charge in [0, 0.05) is 0 Å². The van der Waals surface area contributed by atoms with Crippen LogP contribution < -0.4 is 0 Å². The Hall–Kier alpha value is -1.77. The van der Waals surface area contributed by atoms with E-state index >= 15 is 0 Å². The van der Waals surface area contributed by atoms with E-state index in [1.54, 1.807) is 13.8 Å². The van der Waals surface area contributed by atoms with Crippen LogP contribution in [0.4, 0.5) is 4.79 Å². The third-order valence-electron chi connectivity index (χ3n) is 2.05. The van der Waals surface area contributed by atoms with Crippen molar-refractivity contribution in [1.82, 2.24) is 0 Å². The Bertz CT molecular complexity index is 368. The van der Waals surface area contributed by atoms with Crippen molar-refractivity contribution < 1.29 is 14.3 Å². The zero-order chi connectivity index (χ0) is 12.7. The van der Waals surface area contributed by atoms with Gasteiger partial charge in [0.05, 0.1) is 6.10 Å². The third kappa shape index (κ3) is 4.72. The average Bonchev–Trinajstić information content (AvgIpc) is 2.28. The molecule has 0 saturated carbocycles. The molecule has 92 valence electrons. The van der Waals surface area contributed by atoms with Gasteiger partial charge in [0.15, 0.2) is 0 Å². The second kappa shape index (κ2) is 6.74. The Morgan fingerprint density at radius 3 is 2.35 bits per heavy atom. The van der Waals surface area contributed by atoms with E-state index in [0.29, 0.717) is 0 Å². The minimum atomic E-state index is -0.646. The van der Waals surface area contributed by atoms with Crippen molar-refractivity contribution in [3.05, 3.63) is 48.0 Å². The molecule has 0 N–H and O–H groups in total.